The average molecular weight is 288 g/mol. The summed E-state index contributed by atoms with van der Waals surface area (Å²) in [5, 5.41) is 15.6. The van der Waals surface area contributed by atoms with E-state index < -0.39 is 11.5 Å². The number of nitrogens with one attached hydrogen (secondary N) is 2. The van der Waals surface area contributed by atoms with Gasteiger partial charge in [0.2, 0.25) is 5.91 Å². The summed E-state index contributed by atoms with van der Waals surface area (Å²) in [5.74, 6) is 0.579. The van der Waals surface area contributed by atoms with Crippen LogP contribution in [0.15, 0.2) is 0 Å². The van der Waals surface area contributed by atoms with Gasteiger partial charge >= 0.3 is 0 Å². The van der Waals surface area contributed by atoms with Gasteiger partial charge in [0.1, 0.15) is 0 Å². The molecule has 0 saturated carbocycles. The van der Waals surface area contributed by atoms with E-state index in [0.29, 0.717) is 25.6 Å². The Balaban J connectivity index is 3.83. The van der Waals surface area contributed by atoms with Gasteiger partial charge in [-0.1, -0.05) is 13.8 Å². The maximum Gasteiger partial charge on any atom is 0.226 e. The lowest BCUT2D eigenvalue weighted by Crippen LogP contribution is -2.44. The number of hydrogen-bond acceptors (Lipinski definition) is 4. The van der Waals surface area contributed by atoms with Crippen LogP contribution in [-0.2, 0) is 9.53 Å². The van der Waals surface area contributed by atoms with Gasteiger partial charge in [-0.3, -0.25) is 4.79 Å². The Morgan fingerprint density at radius 2 is 1.90 bits per heavy atom. The molecule has 0 aromatic rings. The summed E-state index contributed by atoms with van der Waals surface area (Å²) in [7, 11) is 1.63. The molecule has 0 aliphatic heterocycles. The van der Waals surface area contributed by atoms with Crippen LogP contribution in [0, 0.1) is 11.3 Å². The second kappa shape index (κ2) is 9.32. The van der Waals surface area contributed by atoms with E-state index in [1.54, 1.807) is 7.05 Å². The van der Waals surface area contributed by atoms with Crippen molar-refractivity contribution in [1.29, 1.82) is 0 Å². The molecule has 0 aromatic heterocycles. The van der Waals surface area contributed by atoms with E-state index >= 15 is 0 Å². The van der Waals surface area contributed by atoms with Gasteiger partial charge in [0.05, 0.1) is 24.2 Å². The number of rotatable bonds is 10. The van der Waals surface area contributed by atoms with Crippen molar-refractivity contribution in [2.24, 2.45) is 11.3 Å². The molecule has 0 radical (unpaired) electrons. The standard InChI is InChI=1S/C15H32N2O3/c1-11(2)7-12(3)20-9-13(18)8-17-10-15(4,5)14(19)16-6/h11-13,17-18H,7-10H2,1-6H3,(H,16,19). The van der Waals surface area contributed by atoms with Gasteiger partial charge in [0.25, 0.3) is 0 Å². The quantitative estimate of drug-likeness (QED) is 0.564. The molecule has 5 heteroatoms. The van der Waals surface area contributed by atoms with Crippen molar-refractivity contribution in [1.82, 2.24) is 10.6 Å². The summed E-state index contributed by atoms with van der Waals surface area (Å²) in [6.07, 6.45) is 0.598. The first-order valence-corrected chi connectivity index (χ1v) is 7.41. The average Bonchev–Trinajstić information content (AvgIpc) is 2.34. The molecule has 0 heterocycles. The molecular formula is C15H32N2O3. The lowest BCUT2D eigenvalue weighted by molar-refractivity contribution is -0.128. The predicted molar refractivity (Wildman–Crippen MR) is 81.6 cm³/mol. The number of hydrogen-bond donors (Lipinski definition) is 3. The van der Waals surface area contributed by atoms with Gasteiger partial charge in [0.15, 0.2) is 0 Å². The molecule has 0 aliphatic carbocycles. The van der Waals surface area contributed by atoms with Crippen molar-refractivity contribution in [2.45, 2.75) is 53.2 Å². The molecule has 0 aliphatic rings. The zero-order chi connectivity index (χ0) is 15.8. The summed E-state index contributed by atoms with van der Waals surface area (Å²) in [4.78, 5) is 11.6. The van der Waals surface area contributed by atoms with Crippen molar-refractivity contribution in [2.75, 3.05) is 26.7 Å². The molecule has 0 saturated heterocycles. The van der Waals surface area contributed by atoms with Crippen LogP contribution in [0.2, 0.25) is 0 Å². The normalized spacial score (nSPS) is 15.2. The third-order valence-corrected chi connectivity index (χ3v) is 3.17. The van der Waals surface area contributed by atoms with Gasteiger partial charge in [-0.25, -0.2) is 0 Å². The lowest BCUT2D eigenvalue weighted by atomic mass is 9.92. The lowest BCUT2D eigenvalue weighted by Gasteiger charge is -2.24. The second-order valence-electron chi connectivity index (χ2n) is 6.52. The van der Waals surface area contributed by atoms with Gasteiger partial charge in [-0.05, 0) is 33.1 Å². The van der Waals surface area contributed by atoms with E-state index in [1.807, 2.05) is 20.8 Å². The Bertz CT molecular complexity index is 280. The van der Waals surface area contributed by atoms with Gasteiger partial charge in [-0.2, -0.15) is 0 Å². The highest BCUT2D eigenvalue weighted by molar-refractivity contribution is 5.81. The molecule has 20 heavy (non-hydrogen) atoms. The Morgan fingerprint density at radius 1 is 1.30 bits per heavy atom. The molecule has 0 aromatic carbocycles. The van der Waals surface area contributed by atoms with Crippen LogP contribution < -0.4 is 10.6 Å². The SMILES string of the molecule is CNC(=O)C(C)(C)CNCC(O)COC(C)CC(C)C. The van der Waals surface area contributed by atoms with Crippen LogP contribution in [0.3, 0.4) is 0 Å². The predicted octanol–water partition coefficient (Wildman–Crippen LogP) is 1.16. The van der Waals surface area contributed by atoms with E-state index in [0.717, 1.165) is 6.42 Å². The number of carbonyl (C=O) groups is 1. The molecule has 3 N–H and O–H groups in total. The second-order valence-corrected chi connectivity index (χ2v) is 6.52. The van der Waals surface area contributed by atoms with Gasteiger partial charge < -0.3 is 20.5 Å². The molecule has 0 spiro atoms. The molecule has 0 fully saturated rings. The Kier molecular flexibility index (Phi) is 9.01. The highest BCUT2D eigenvalue weighted by Crippen LogP contribution is 2.13. The molecule has 0 rings (SSSR count). The van der Waals surface area contributed by atoms with E-state index in [-0.39, 0.29) is 12.0 Å². The first-order chi connectivity index (χ1) is 9.19. The van der Waals surface area contributed by atoms with Crippen molar-refractivity contribution >= 4 is 5.91 Å². The maximum absolute atomic E-state index is 11.6. The van der Waals surface area contributed by atoms with Crippen LogP contribution in [0.1, 0.15) is 41.0 Å². The molecule has 2 atom stereocenters. The summed E-state index contributed by atoms with van der Waals surface area (Å²) < 4.78 is 5.60. The van der Waals surface area contributed by atoms with E-state index in [9.17, 15) is 9.90 Å². The number of amides is 1. The van der Waals surface area contributed by atoms with Crippen LogP contribution in [0.4, 0.5) is 0 Å². The van der Waals surface area contributed by atoms with Crippen LogP contribution in [0.5, 0.6) is 0 Å². The fraction of sp³-hybridized carbons (Fsp3) is 0.933. The summed E-state index contributed by atoms with van der Waals surface area (Å²) in [6.45, 7) is 11.3. The minimum Gasteiger partial charge on any atom is -0.389 e. The highest BCUT2D eigenvalue weighted by Gasteiger charge is 2.26. The molecule has 0 bridgehead atoms. The summed E-state index contributed by atoms with van der Waals surface area (Å²) in [6, 6.07) is 0. The molecule has 120 valence electrons. The molecule has 1 amide bonds. The number of aliphatic hydroxyl groups excluding tert-OH is 1. The first kappa shape index (κ1) is 19.4. The van der Waals surface area contributed by atoms with Crippen molar-refractivity contribution in [3.8, 4) is 0 Å². The van der Waals surface area contributed by atoms with Crippen molar-refractivity contribution in [3.63, 3.8) is 0 Å². The molecular weight excluding hydrogens is 256 g/mol. The Hall–Kier alpha value is -0.650. The number of aliphatic hydroxyl groups is 1. The highest BCUT2D eigenvalue weighted by atomic mass is 16.5. The first-order valence-electron chi connectivity index (χ1n) is 7.41. The minimum absolute atomic E-state index is 0.0127. The zero-order valence-corrected chi connectivity index (χ0v) is 13.8. The van der Waals surface area contributed by atoms with E-state index in [1.165, 1.54) is 0 Å². The smallest absolute Gasteiger partial charge is 0.226 e. The Labute approximate surface area is 123 Å². The zero-order valence-electron chi connectivity index (χ0n) is 13.8. The fourth-order valence-electron chi connectivity index (χ4n) is 2.04. The molecule has 2 unspecified atom stereocenters. The number of carbonyl (C=O) groups excluding carboxylic acids is 1. The van der Waals surface area contributed by atoms with Crippen molar-refractivity contribution in [3.05, 3.63) is 0 Å². The summed E-state index contributed by atoms with van der Waals surface area (Å²) in [5.41, 5.74) is -0.486. The van der Waals surface area contributed by atoms with E-state index in [4.69, 9.17) is 4.74 Å². The van der Waals surface area contributed by atoms with Gasteiger partial charge in [-0.15, -0.1) is 0 Å². The molecule has 5 nitrogen and oxygen atoms in total. The minimum atomic E-state index is -0.551. The Morgan fingerprint density at radius 3 is 2.40 bits per heavy atom. The van der Waals surface area contributed by atoms with Crippen LogP contribution >= 0.6 is 0 Å². The number of ether oxygens (including phenoxy) is 1. The van der Waals surface area contributed by atoms with Crippen molar-refractivity contribution < 1.29 is 14.6 Å². The topological polar surface area (TPSA) is 70.6 Å². The van der Waals surface area contributed by atoms with Gasteiger partial charge in [0, 0.05) is 20.1 Å². The fourth-order valence-corrected chi connectivity index (χ4v) is 2.04. The monoisotopic (exact) mass is 288 g/mol. The summed E-state index contributed by atoms with van der Waals surface area (Å²) >= 11 is 0. The van der Waals surface area contributed by atoms with Crippen LogP contribution in [-0.4, -0.2) is 50.0 Å². The van der Waals surface area contributed by atoms with E-state index in [2.05, 4.69) is 24.5 Å². The third-order valence-electron chi connectivity index (χ3n) is 3.17. The third kappa shape index (κ3) is 8.51. The maximum atomic E-state index is 11.6. The largest absolute Gasteiger partial charge is 0.389 e. The van der Waals surface area contributed by atoms with Crippen LogP contribution in [0.25, 0.3) is 0 Å².